The zero-order chi connectivity index (χ0) is 37.1. The second-order valence-electron chi connectivity index (χ2n) is 15.5. The van der Waals surface area contributed by atoms with Gasteiger partial charge in [-0.3, -0.25) is 0 Å². The average molecular weight is 710 g/mol. The first-order valence-corrected chi connectivity index (χ1v) is 19.6. The normalized spacial score (nSPS) is 17.4. The molecule has 8 aromatic rings. The van der Waals surface area contributed by atoms with Gasteiger partial charge in [0.05, 0.1) is 0 Å². The lowest BCUT2D eigenvalue weighted by molar-refractivity contribution is 0.441. The summed E-state index contributed by atoms with van der Waals surface area (Å²) in [7, 11) is 0. The minimum Gasteiger partial charge on any atom is -0.455 e. The van der Waals surface area contributed by atoms with E-state index in [1.165, 1.54) is 39.0 Å². The molecule has 2 atom stereocenters. The Bertz CT molecular complexity index is 2770. The van der Waals surface area contributed by atoms with E-state index < -0.39 is 0 Å². The predicted octanol–water partition coefficient (Wildman–Crippen LogP) is 14.8. The fourth-order valence-corrected chi connectivity index (χ4v) is 9.37. The smallest absolute Gasteiger partial charge is 0.143 e. The van der Waals surface area contributed by atoms with Gasteiger partial charge in [-0.15, -0.1) is 0 Å². The van der Waals surface area contributed by atoms with Gasteiger partial charge in [-0.05, 0) is 105 Å². The fourth-order valence-electron chi connectivity index (χ4n) is 9.37. The third-order valence-corrected chi connectivity index (χ3v) is 12.0. The molecule has 0 saturated carbocycles. The van der Waals surface area contributed by atoms with Crippen molar-refractivity contribution < 1.29 is 4.42 Å². The fraction of sp³-hybridized carbons (Fsp3) is 0.132. The summed E-state index contributed by atoms with van der Waals surface area (Å²) in [5.41, 5.74) is 16.4. The third-order valence-electron chi connectivity index (χ3n) is 12.0. The largest absolute Gasteiger partial charge is 0.455 e. The lowest BCUT2D eigenvalue weighted by Crippen LogP contribution is -2.34. The van der Waals surface area contributed by atoms with Crippen molar-refractivity contribution >= 4 is 39.0 Å². The van der Waals surface area contributed by atoms with Gasteiger partial charge in [0, 0.05) is 38.8 Å². The highest BCUT2D eigenvalue weighted by atomic mass is 16.3. The Labute approximate surface area is 323 Å². The minimum atomic E-state index is -0.253. The number of hydrogen-bond donors (Lipinski definition) is 0. The van der Waals surface area contributed by atoms with Gasteiger partial charge in [-0.2, -0.15) is 0 Å². The molecule has 55 heavy (non-hydrogen) atoms. The first kappa shape index (κ1) is 33.2. The predicted molar refractivity (Wildman–Crippen MR) is 231 cm³/mol. The van der Waals surface area contributed by atoms with Crippen LogP contribution in [0.3, 0.4) is 0 Å². The number of hydrogen-bond acceptors (Lipinski definition) is 2. The lowest BCUT2D eigenvalue weighted by Gasteiger charge is -2.39. The Morgan fingerprint density at radius 3 is 1.93 bits per heavy atom. The molecule has 2 unspecified atom stereocenters. The number of furan rings is 1. The van der Waals surface area contributed by atoms with Gasteiger partial charge in [0.15, 0.2) is 0 Å². The van der Waals surface area contributed by atoms with Crippen LogP contribution in [0.5, 0.6) is 0 Å². The summed E-state index contributed by atoms with van der Waals surface area (Å²) in [6.07, 6.45) is 8.38. The number of fused-ring (bicyclic) bond motifs is 6. The van der Waals surface area contributed by atoms with E-state index in [0.29, 0.717) is 11.8 Å². The number of rotatable bonds is 7. The molecule has 0 bridgehead atoms. The average Bonchev–Trinajstić information content (AvgIpc) is 3.76. The van der Waals surface area contributed by atoms with Crippen LogP contribution in [0.1, 0.15) is 38.3 Å². The molecule has 0 radical (unpaired) electrons. The molecule has 0 aliphatic heterocycles. The van der Waals surface area contributed by atoms with Gasteiger partial charge in [0.2, 0.25) is 0 Å². The first-order chi connectivity index (χ1) is 27.0. The van der Waals surface area contributed by atoms with Crippen molar-refractivity contribution in [2.45, 2.75) is 32.6 Å². The molecule has 0 fully saturated rings. The molecule has 0 saturated heterocycles. The Balaban J connectivity index is 1.13. The van der Waals surface area contributed by atoms with E-state index in [-0.39, 0.29) is 5.41 Å². The molecular weight excluding hydrogens is 667 g/mol. The Hall–Kier alpha value is -6.38. The molecule has 2 aliphatic rings. The van der Waals surface area contributed by atoms with Crippen LogP contribution in [0.4, 0.5) is 17.1 Å². The zero-order valence-corrected chi connectivity index (χ0v) is 31.5. The Kier molecular flexibility index (Phi) is 7.96. The summed E-state index contributed by atoms with van der Waals surface area (Å²) in [6, 6.07) is 59.6. The molecule has 0 spiro atoms. The molecule has 2 aliphatic carbocycles. The van der Waals surface area contributed by atoms with E-state index in [1.54, 1.807) is 0 Å². The van der Waals surface area contributed by atoms with Gasteiger partial charge in [0.1, 0.15) is 11.2 Å². The first-order valence-electron chi connectivity index (χ1n) is 19.6. The van der Waals surface area contributed by atoms with E-state index in [2.05, 4.69) is 196 Å². The summed E-state index contributed by atoms with van der Waals surface area (Å²) >= 11 is 0. The van der Waals surface area contributed by atoms with Crippen molar-refractivity contribution in [3.05, 3.63) is 199 Å². The van der Waals surface area contributed by atoms with Crippen LogP contribution in [-0.2, 0) is 5.41 Å². The molecule has 2 heteroatoms. The SMILES string of the molecule is CC1C=CC(C2(C(C)C)c3ccccc3-c3ccc(N(c4ccc(-c5ccccc5)cc4)c4ccc(-c5cccc6c5oc5ccccc56)cc4)cc32)=CC1. The van der Waals surface area contributed by atoms with Crippen molar-refractivity contribution in [2.75, 3.05) is 4.90 Å². The minimum absolute atomic E-state index is 0.253. The van der Waals surface area contributed by atoms with Gasteiger partial charge in [0.25, 0.3) is 0 Å². The summed E-state index contributed by atoms with van der Waals surface area (Å²) in [6.45, 7) is 7.10. The van der Waals surface area contributed by atoms with E-state index in [4.69, 9.17) is 4.42 Å². The van der Waals surface area contributed by atoms with Crippen molar-refractivity contribution in [1.29, 1.82) is 0 Å². The second-order valence-corrected chi connectivity index (χ2v) is 15.5. The summed E-state index contributed by atoms with van der Waals surface area (Å²) in [5.74, 6) is 0.889. The molecule has 266 valence electrons. The standard InChI is InChI=1S/C53H43NO/c1-35(2)53(40-26-20-36(3)21-27-40)49-18-9-7-14-45(49)46-33-32-43(34-50(46)53)54(41-28-22-38(23-29-41)37-12-5-4-6-13-37)42-30-24-39(25-31-42)44-16-11-17-48-47-15-8-10-19-51(47)55-52(44)48/h4-20,22-36H,21H2,1-3H3. The highest BCUT2D eigenvalue weighted by Crippen LogP contribution is 2.58. The summed E-state index contributed by atoms with van der Waals surface area (Å²) in [4.78, 5) is 2.42. The second kappa shape index (κ2) is 13.2. The lowest BCUT2D eigenvalue weighted by atomic mass is 9.63. The van der Waals surface area contributed by atoms with Crippen LogP contribution < -0.4 is 4.90 Å². The maximum absolute atomic E-state index is 6.45. The number of nitrogens with zero attached hydrogens (tertiary/aromatic N) is 1. The number of benzene rings is 7. The Morgan fingerprint density at radius 2 is 1.18 bits per heavy atom. The van der Waals surface area contributed by atoms with Crippen molar-refractivity contribution in [3.63, 3.8) is 0 Å². The molecule has 0 amide bonds. The molecule has 0 N–H and O–H groups in total. The Morgan fingerprint density at radius 1 is 0.564 bits per heavy atom. The van der Waals surface area contributed by atoms with Gasteiger partial charge in [-0.1, -0.05) is 160 Å². The zero-order valence-electron chi connectivity index (χ0n) is 31.5. The molecule has 7 aromatic carbocycles. The van der Waals surface area contributed by atoms with Crippen molar-refractivity contribution in [1.82, 2.24) is 0 Å². The topological polar surface area (TPSA) is 16.4 Å². The van der Waals surface area contributed by atoms with Gasteiger partial charge >= 0.3 is 0 Å². The van der Waals surface area contributed by atoms with Crippen molar-refractivity contribution in [3.8, 4) is 33.4 Å². The van der Waals surface area contributed by atoms with E-state index >= 15 is 0 Å². The molecule has 2 nitrogen and oxygen atoms in total. The van der Waals surface area contributed by atoms with Crippen molar-refractivity contribution in [2.24, 2.45) is 11.8 Å². The highest BCUT2D eigenvalue weighted by molar-refractivity contribution is 6.09. The summed E-state index contributed by atoms with van der Waals surface area (Å²) < 4.78 is 6.45. The van der Waals surface area contributed by atoms with Gasteiger partial charge < -0.3 is 9.32 Å². The van der Waals surface area contributed by atoms with Crippen LogP contribution >= 0.6 is 0 Å². The van der Waals surface area contributed by atoms with E-state index in [9.17, 15) is 0 Å². The molecule has 10 rings (SSSR count). The maximum Gasteiger partial charge on any atom is 0.143 e. The van der Waals surface area contributed by atoms with Crippen LogP contribution in [0, 0.1) is 11.8 Å². The quantitative estimate of drug-likeness (QED) is 0.164. The number of allylic oxidation sites excluding steroid dienone is 4. The van der Waals surface area contributed by atoms with Crippen LogP contribution in [-0.4, -0.2) is 0 Å². The van der Waals surface area contributed by atoms with Crippen LogP contribution in [0.2, 0.25) is 0 Å². The maximum atomic E-state index is 6.45. The van der Waals surface area contributed by atoms with E-state index in [1.807, 2.05) is 12.1 Å². The monoisotopic (exact) mass is 709 g/mol. The summed E-state index contributed by atoms with van der Waals surface area (Å²) in [5, 5.41) is 2.29. The van der Waals surface area contributed by atoms with Gasteiger partial charge in [-0.25, -0.2) is 0 Å². The highest BCUT2D eigenvalue weighted by Gasteiger charge is 2.48. The number of anilines is 3. The molecule has 1 aromatic heterocycles. The van der Waals surface area contributed by atoms with E-state index in [0.717, 1.165) is 56.5 Å². The third kappa shape index (κ3) is 5.31. The molecule has 1 heterocycles. The van der Waals surface area contributed by atoms with Crippen LogP contribution in [0.25, 0.3) is 55.3 Å². The molecular formula is C53H43NO. The van der Waals surface area contributed by atoms with Crippen LogP contribution in [0.15, 0.2) is 192 Å². The number of para-hydroxylation sites is 2.